The molecule has 1 aromatic heterocycles. The summed E-state index contributed by atoms with van der Waals surface area (Å²) in [5, 5.41) is 0. The molecule has 0 saturated carbocycles. The fourth-order valence-corrected chi connectivity index (χ4v) is 3.54. The van der Waals surface area contributed by atoms with Gasteiger partial charge in [0.15, 0.2) is 0 Å². The highest BCUT2D eigenvalue weighted by molar-refractivity contribution is 7.89. The molecule has 21 heavy (non-hydrogen) atoms. The topological polar surface area (TPSA) is 89.6 Å². The maximum atomic E-state index is 12.3. The molecular weight excluding hydrogens is 292 g/mol. The van der Waals surface area contributed by atoms with Crippen LogP contribution in [0.25, 0.3) is 0 Å². The van der Waals surface area contributed by atoms with Gasteiger partial charge >= 0.3 is 0 Å². The van der Waals surface area contributed by atoms with Crippen molar-refractivity contribution in [2.45, 2.75) is 31.0 Å². The molecule has 2 rings (SSSR count). The summed E-state index contributed by atoms with van der Waals surface area (Å²) in [6.45, 7) is 5.48. The van der Waals surface area contributed by atoms with Crippen molar-refractivity contribution in [2.24, 2.45) is 5.73 Å². The van der Waals surface area contributed by atoms with Gasteiger partial charge in [0.1, 0.15) is 0 Å². The van der Waals surface area contributed by atoms with E-state index in [1.54, 1.807) is 12.3 Å². The Morgan fingerprint density at radius 2 is 2.29 bits per heavy atom. The van der Waals surface area contributed by atoms with Crippen LogP contribution in [-0.4, -0.2) is 57.3 Å². The SMILES string of the molecule is CCn1cc(S(=O)(=O)NCC2CN(C)CCO2)cc1CN. The van der Waals surface area contributed by atoms with Gasteiger partial charge in [0.05, 0.1) is 17.6 Å². The van der Waals surface area contributed by atoms with E-state index in [9.17, 15) is 8.42 Å². The fraction of sp³-hybridized carbons (Fsp3) is 0.692. The standard InChI is InChI=1S/C13H24N4O3S/c1-3-17-10-13(6-11(17)7-14)21(18,19)15-8-12-9-16(2)4-5-20-12/h6,10,12,15H,3-5,7-9,14H2,1-2H3. The van der Waals surface area contributed by atoms with E-state index in [-0.39, 0.29) is 17.5 Å². The predicted molar refractivity (Wildman–Crippen MR) is 80.4 cm³/mol. The van der Waals surface area contributed by atoms with Crippen LogP contribution in [0.5, 0.6) is 0 Å². The van der Waals surface area contributed by atoms with Crippen LogP contribution in [-0.2, 0) is 27.8 Å². The molecule has 1 aliphatic rings. The molecule has 0 amide bonds. The molecule has 8 heteroatoms. The summed E-state index contributed by atoms with van der Waals surface area (Å²) in [5.41, 5.74) is 6.44. The van der Waals surface area contributed by atoms with E-state index in [1.165, 1.54) is 0 Å². The number of nitrogens with one attached hydrogen (secondary N) is 1. The lowest BCUT2D eigenvalue weighted by Crippen LogP contribution is -2.45. The molecule has 1 unspecified atom stereocenters. The number of sulfonamides is 1. The van der Waals surface area contributed by atoms with Crippen LogP contribution >= 0.6 is 0 Å². The molecule has 1 aliphatic heterocycles. The summed E-state index contributed by atoms with van der Waals surface area (Å²) >= 11 is 0. The zero-order valence-electron chi connectivity index (χ0n) is 12.6. The summed E-state index contributed by atoms with van der Waals surface area (Å²) in [4.78, 5) is 2.39. The average molecular weight is 316 g/mol. The van der Waals surface area contributed by atoms with Crippen LogP contribution in [0.2, 0.25) is 0 Å². The van der Waals surface area contributed by atoms with E-state index >= 15 is 0 Å². The molecule has 1 atom stereocenters. The minimum Gasteiger partial charge on any atom is -0.374 e. The molecule has 1 aromatic rings. The van der Waals surface area contributed by atoms with E-state index in [4.69, 9.17) is 10.5 Å². The third kappa shape index (κ3) is 4.04. The maximum absolute atomic E-state index is 12.3. The average Bonchev–Trinajstić information content (AvgIpc) is 2.89. The molecule has 0 aliphatic carbocycles. The van der Waals surface area contributed by atoms with Gasteiger partial charge in [-0.05, 0) is 20.0 Å². The molecular formula is C13H24N4O3S. The van der Waals surface area contributed by atoms with Gasteiger partial charge in [-0.1, -0.05) is 0 Å². The minimum absolute atomic E-state index is 0.110. The van der Waals surface area contributed by atoms with Gasteiger partial charge in [0, 0.05) is 44.6 Å². The van der Waals surface area contributed by atoms with Crippen LogP contribution < -0.4 is 10.5 Å². The van der Waals surface area contributed by atoms with Crippen LogP contribution in [0, 0.1) is 0 Å². The smallest absolute Gasteiger partial charge is 0.242 e. The Hall–Kier alpha value is -0.930. The number of likely N-dealkylation sites (N-methyl/N-ethyl adjacent to an activating group) is 1. The van der Waals surface area contributed by atoms with Crippen molar-refractivity contribution in [1.29, 1.82) is 0 Å². The van der Waals surface area contributed by atoms with E-state index < -0.39 is 10.0 Å². The second-order valence-corrected chi connectivity index (χ2v) is 7.03. The third-order valence-electron chi connectivity index (χ3n) is 3.66. The van der Waals surface area contributed by atoms with Gasteiger partial charge in [0.25, 0.3) is 0 Å². The monoisotopic (exact) mass is 316 g/mol. The van der Waals surface area contributed by atoms with E-state index in [0.29, 0.717) is 19.7 Å². The van der Waals surface area contributed by atoms with Crippen LogP contribution in [0.15, 0.2) is 17.2 Å². The Morgan fingerprint density at radius 3 is 2.86 bits per heavy atom. The van der Waals surface area contributed by atoms with Gasteiger partial charge in [0.2, 0.25) is 10.0 Å². The van der Waals surface area contributed by atoms with Crippen molar-refractivity contribution < 1.29 is 13.2 Å². The lowest BCUT2D eigenvalue weighted by Gasteiger charge is -2.29. The van der Waals surface area contributed by atoms with E-state index in [1.807, 2.05) is 18.5 Å². The first-order valence-corrected chi connectivity index (χ1v) is 8.63. The Balaban J connectivity index is 2.02. The number of morpholine rings is 1. The van der Waals surface area contributed by atoms with Crippen LogP contribution in [0.1, 0.15) is 12.6 Å². The summed E-state index contributed by atoms with van der Waals surface area (Å²) in [5.74, 6) is 0. The Labute approximate surface area is 126 Å². The number of hydrogen-bond acceptors (Lipinski definition) is 5. The Morgan fingerprint density at radius 1 is 1.52 bits per heavy atom. The molecule has 0 spiro atoms. The fourth-order valence-electron chi connectivity index (χ4n) is 2.41. The third-order valence-corrected chi connectivity index (χ3v) is 5.05. The molecule has 7 nitrogen and oxygen atoms in total. The molecule has 0 radical (unpaired) electrons. The molecule has 0 bridgehead atoms. The molecule has 1 fully saturated rings. The van der Waals surface area contributed by atoms with Crippen molar-refractivity contribution in [3.63, 3.8) is 0 Å². The highest BCUT2D eigenvalue weighted by Crippen LogP contribution is 2.14. The molecule has 3 N–H and O–H groups in total. The quantitative estimate of drug-likeness (QED) is 0.744. The number of aromatic nitrogens is 1. The first-order chi connectivity index (χ1) is 9.96. The molecule has 2 heterocycles. The van der Waals surface area contributed by atoms with E-state index in [0.717, 1.165) is 18.8 Å². The highest BCUT2D eigenvalue weighted by Gasteiger charge is 2.22. The zero-order valence-corrected chi connectivity index (χ0v) is 13.4. The first kappa shape index (κ1) is 16.4. The second-order valence-electron chi connectivity index (χ2n) is 5.26. The predicted octanol–water partition coefficient (Wildman–Crippen LogP) is -0.424. The largest absolute Gasteiger partial charge is 0.374 e. The summed E-state index contributed by atoms with van der Waals surface area (Å²) in [7, 11) is -1.52. The number of rotatable bonds is 6. The van der Waals surface area contributed by atoms with Gasteiger partial charge in [-0.3, -0.25) is 0 Å². The number of nitrogens with two attached hydrogens (primary N) is 1. The summed E-state index contributed by atoms with van der Waals surface area (Å²) < 4.78 is 34.7. The number of hydrogen-bond donors (Lipinski definition) is 2. The molecule has 120 valence electrons. The van der Waals surface area contributed by atoms with Crippen LogP contribution in [0.3, 0.4) is 0 Å². The molecule has 1 saturated heterocycles. The summed E-state index contributed by atoms with van der Waals surface area (Å²) in [6, 6.07) is 1.62. The van der Waals surface area contributed by atoms with Gasteiger partial charge < -0.3 is 19.9 Å². The van der Waals surface area contributed by atoms with Crippen molar-refractivity contribution in [3.8, 4) is 0 Å². The Kier molecular flexibility index (Phi) is 5.39. The van der Waals surface area contributed by atoms with E-state index in [2.05, 4.69) is 9.62 Å². The number of nitrogens with zero attached hydrogens (tertiary/aromatic N) is 2. The zero-order chi connectivity index (χ0) is 15.5. The van der Waals surface area contributed by atoms with Crippen molar-refractivity contribution >= 4 is 10.0 Å². The lowest BCUT2D eigenvalue weighted by molar-refractivity contribution is -0.0156. The number of aryl methyl sites for hydroxylation is 1. The summed E-state index contributed by atoms with van der Waals surface area (Å²) in [6.07, 6.45) is 1.51. The van der Waals surface area contributed by atoms with Gasteiger partial charge in [-0.15, -0.1) is 0 Å². The number of ether oxygens (including phenoxy) is 1. The maximum Gasteiger partial charge on any atom is 0.242 e. The van der Waals surface area contributed by atoms with Gasteiger partial charge in [-0.25, -0.2) is 13.1 Å². The normalized spacial score (nSPS) is 20.8. The van der Waals surface area contributed by atoms with Crippen molar-refractivity contribution in [3.05, 3.63) is 18.0 Å². The van der Waals surface area contributed by atoms with Gasteiger partial charge in [-0.2, -0.15) is 0 Å². The van der Waals surface area contributed by atoms with Crippen molar-refractivity contribution in [1.82, 2.24) is 14.2 Å². The Bertz CT molecular complexity index is 548. The lowest BCUT2D eigenvalue weighted by atomic mass is 10.3. The molecule has 0 aromatic carbocycles. The second kappa shape index (κ2) is 6.89. The highest BCUT2D eigenvalue weighted by atomic mass is 32.2. The minimum atomic E-state index is -3.52. The van der Waals surface area contributed by atoms with Crippen molar-refractivity contribution in [2.75, 3.05) is 33.3 Å². The van der Waals surface area contributed by atoms with Crippen LogP contribution in [0.4, 0.5) is 0 Å². The first-order valence-electron chi connectivity index (χ1n) is 7.15.